The van der Waals surface area contributed by atoms with Gasteiger partial charge in [0, 0.05) is 6.54 Å². The summed E-state index contributed by atoms with van der Waals surface area (Å²) in [6.45, 7) is 3.97. The van der Waals surface area contributed by atoms with Crippen LogP contribution in [0.15, 0.2) is 29.1 Å². The minimum Gasteiger partial charge on any atom is -0.317 e. The number of para-hydroxylation sites is 1. The van der Waals surface area contributed by atoms with Gasteiger partial charge in [0.25, 0.3) is 5.56 Å². The minimum absolute atomic E-state index is 0.0501. The zero-order valence-electron chi connectivity index (χ0n) is 12.4. The fraction of sp³-hybridized carbons (Fsp3) is 0.500. The summed E-state index contributed by atoms with van der Waals surface area (Å²) in [4.78, 5) is 21.8. The molecule has 2 N–H and O–H groups in total. The van der Waals surface area contributed by atoms with Crippen molar-refractivity contribution in [1.29, 1.82) is 0 Å². The van der Waals surface area contributed by atoms with Crippen LogP contribution in [0.3, 0.4) is 0 Å². The third-order valence-corrected chi connectivity index (χ3v) is 4.11. The summed E-state index contributed by atoms with van der Waals surface area (Å²) in [7, 11) is 2.09. The Balaban J connectivity index is 1.70. The van der Waals surface area contributed by atoms with Crippen LogP contribution in [0.4, 0.5) is 0 Å². The molecule has 1 aromatic carbocycles. The Kier molecular flexibility index (Phi) is 4.31. The molecule has 3 rings (SSSR count). The number of hydrogen-bond donors (Lipinski definition) is 2. The van der Waals surface area contributed by atoms with Crippen molar-refractivity contribution in [2.45, 2.75) is 19.4 Å². The van der Waals surface area contributed by atoms with E-state index in [0.717, 1.165) is 36.9 Å². The molecule has 1 saturated heterocycles. The highest BCUT2D eigenvalue weighted by molar-refractivity contribution is 5.77. The Hall–Kier alpha value is -1.72. The van der Waals surface area contributed by atoms with Crippen molar-refractivity contribution >= 4 is 10.9 Å². The molecule has 0 saturated carbocycles. The number of nitrogens with one attached hydrogen (secondary N) is 2. The van der Waals surface area contributed by atoms with Crippen molar-refractivity contribution < 1.29 is 0 Å². The number of H-pyrrole nitrogens is 1. The largest absolute Gasteiger partial charge is 0.317 e. The van der Waals surface area contributed by atoms with Gasteiger partial charge in [0.05, 0.1) is 17.4 Å². The van der Waals surface area contributed by atoms with Gasteiger partial charge >= 0.3 is 0 Å². The average Bonchev–Trinajstić information content (AvgIpc) is 2.48. The lowest BCUT2D eigenvalue weighted by Gasteiger charge is -2.27. The fourth-order valence-electron chi connectivity index (χ4n) is 3.04. The van der Waals surface area contributed by atoms with Crippen LogP contribution in [0, 0.1) is 5.92 Å². The molecule has 0 spiro atoms. The first-order valence-corrected chi connectivity index (χ1v) is 7.59. The van der Waals surface area contributed by atoms with Gasteiger partial charge in [-0.1, -0.05) is 12.1 Å². The van der Waals surface area contributed by atoms with Crippen LogP contribution in [-0.4, -0.2) is 41.5 Å². The standard InChI is InChI=1S/C16H22N4O/c1-20(10-12-6-8-17-9-7-12)11-15-18-14-5-3-2-4-13(14)16(21)19-15/h2-5,12,17H,6-11H2,1H3,(H,18,19,21). The molecule has 0 atom stereocenters. The maximum atomic E-state index is 12.0. The average molecular weight is 286 g/mol. The summed E-state index contributed by atoms with van der Waals surface area (Å²) in [5, 5.41) is 4.04. The molecule has 0 aliphatic carbocycles. The van der Waals surface area contributed by atoms with E-state index in [9.17, 15) is 4.79 Å². The summed E-state index contributed by atoms with van der Waals surface area (Å²) >= 11 is 0. The van der Waals surface area contributed by atoms with Gasteiger partial charge in [0.1, 0.15) is 5.82 Å². The zero-order valence-corrected chi connectivity index (χ0v) is 12.4. The number of benzene rings is 1. The van der Waals surface area contributed by atoms with Crippen LogP contribution in [0.2, 0.25) is 0 Å². The molecule has 1 fully saturated rings. The topological polar surface area (TPSA) is 61.0 Å². The molecule has 1 aromatic heterocycles. The van der Waals surface area contributed by atoms with Crippen molar-refractivity contribution in [3.05, 3.63) is 40.4 Å². The van der Waals surface area contributed by atoms with E-state index in [4.69, 9.17) is 0 Å². The Bertz CT molecular complexity index is 661. The smallest absolute Gasteiger partial charge is 0.258 e. The number of fused-ring (bicyclic) bond motifs is 1. The predicted molar refractivity (Wildman–Crippen MR) is 84.3 cm³/mol. The Morgan fingerprint density at radius 1 is 1.29 bits per heavy atom. The second-order valence-electron chi connectivity index (χ2n) is 5.92. The number of rotatable bonds is 4. The quantitative estimate of drug-likeness (QED) is 0.891. The van der Waals surface area contributed by atoms with Gasteiger partial charge in [-0.25, -0.2) is 4.98 Å². The third-order valence-electron chi connectivity index (χ3n) is 4.11. The van der Waals surface area contributed by atoms with Crippen molar-refractivity contribution in [3.63, 3.8) is 0 Å². The molecule has 21 heavy (non-hydrogen) atoms. The van der Waals surface area contributed by atoms with Gasteiger partial charge in [0.2, 0.25) is 0 Å². The lowest BCUT2D eigenvalue weighted by molar-refractivity contribution is 0.230. The predicted octanol–water partition coefficient (Wildman–Crippen LogP) is 1.35. The number of aromatic nitrogens is 2. The number of hydrogen-bond acceptors (Lipinski definition) is 4. The van der Waals surface area contributed by atoms with Crippen molar-refractivity contribution in [1.82, 2.24) is 20.2 Å². The SMILES string of the molecule is CN(Cc1nc2ccccc2c(=O)[nH]1)CC1CCNCC1. The van der Waals surface area contributed by atoms with E-state index in [1.54, 1.807) is 0 Å². The monoisotopic (exact) mass is 286 g/mol. The van der Waals surface area contributed by atoms with E-state index in [2.05, 4.69) is 27.2 Å². The lowest BCUT2D eigenvalue weighted by Crippen LogP contribution is -2.34. The third kappa shape index (κ3) is 3.49. The highest BCUT2D eigenvalue weighted by Crippen LogP contribution is 2.14. The molecule has 0 bridgehead atoms. The molecule has 2 heterocycles. The van der Waals surface area contributed by atoms with Crippen LogP contribution in [0.1, 0.15) is 18.7 Å². The molecular weight excluding hydrogens is 264 g/mol. The minimum atomic E-state index is -0.0501. The fourth-order valence-corrected chi connectivity index (χ4v) is 3.04. The van der Waals surface area contributed by atoms with Gasteiger partial charge in [-0.15, -0.1) is 0 Å². The molecule has 1 aliphatic rings. The number of nitrogens with zero attached hydrogens (tertiary/aromatic N) is 2. The first-order valence-electron chi connectivity index (χ1n) is 7.59. The highest BCUT2D eigenvalue weighted by Gasteiger charge is 2.15. The van der Waals surface area contributed by atoms with Crippen LogP contribution >= 0.6 is 0 Å². The summed E-state index contributed by atoms with van der Waals surface area (Å²) in [6, 6.07) is 7.48. The van der Waals surface area contributed by atoms with E-state index < -0.39 is 0 Å². The number of piperidine rings is 1. The highest BCUT2D eigenvalue weighted by atomic mass is 16.1. The van der Waals surface area contributed by atoms with Gasteiger partial charge in [-0.05, 0) is 51.0 Å². The Morgan fingerprint density at radius 3 is 2.86 bits per heavy atom. The van der Waals surface area contributed by atoms with Gasteiger partial charge in [-0.2, -0.15) is 0 Å². The van der Waals surface area contributed by atoms with Crippen LogP contribution in [0.25, 0.3) is 10.9 Å². The van der Waals surface area contributed by atoms with Crippen molar-refractivity contribution in [2.75, 3.05) is 26.7 Å². The van der Waals surface area contributed by atoms with Crippen LogP contribution < -0.4 is 10.9 Å². The normalized spacial score (nSPS) is 16.7. The maximum absolute atomic E-state index is 12.0. The molecule has 1 aliphatic heterocycles. The first-order chi connectivity index (χ1) is 10.2. The maximum Gasteiger partial charge on any atom is 0.258 e. The van der Waals surface area contributed by atoms with Crippen LogP contribution in [-0.2, 0) is 6.54 Å². The summed E-state index contributed by atoms with van der Waals surface area (Å²) < 4.78 is 0. The summed E-state index contributed by atoms with van der Waals surface area (Å²) in [5.74, 6) is 1.48. The Labute approximate surface area is 124 Å². The second kappa shape index (κ2) is 6.37. The number of aromatic amines is 1. The van der Waals surface area contributed by atoms with E-state index in [1.807, 2.05) is 24.3 Å². The van der Waals surface area contributed by atoms with Crippen LogP contribution in [0.5, 0.6) is 0 Å². The molecular formula is C16H22N4O. The Morgan fingerprint density at radius 2 is 2.05 bits per heavy atom. The lowest BCUT2D eigenvalue weighted by atomic mass is 9.98. The van der Waals surface area contributed by atoms with Crippen molar-refractivity contribution in [3.8, 4) is 0 Å². The molecule has 2 aromatic rings. The van der Waals surface area contributed by atoms with E-state index in [1.165, 1.54) is 12.8 Å². The molecule has 5 heteroatoms. The summed E-state index contributed by atoms with van der Waals surface area (Å²) in [5.41, 5.74) is 0.720. The molecule has 0 unspecified atom stereocenters. The molecule has 112 valence electrons. The first kappa shape index (κ1) is 14.2. The van der Waals surface area contributed by atoms with Crippen molar-refractivity contribution in [2.24, 2.45) is 5.92 Å². The van der Waals surface area contributed by atoms with E-state index in [0.29, 0.717) is 11.9 Å². The van der Waals surface area contributed by atoms with Gasteiger partial charge in [-0.3, -0.25) is 9.69 Å². The van der Waals surface area contributed by atoms with E-state index in [-0.39, 0.29) is 5.56 Å². The molecule has 0 radical (unpaired) electrons. The van der Waals surface area contributed by atoms with E-state index >= 15 is 0 Å². The zero-order chi connectivity index (χ0) is 14.7. The van der Waals surface area contributed by atoms with Gasteiger partial charge < -0.3 is 10.3 Å². The molecule has 5 nitrogen and oxygen atoms in total. The molecule has 0 amide bonds. The van der Waals surface area contributed by atoms with Gasteiger partial charge in [0.15, 0.2) is 0 Å². The summed E-state index contributed by atoms with van der Waals surface area (Å²) in [6.07, 6.45) is 2.46. The second-order valence-corrected chi connectivity index (χ2v) is 5.92.